The fourth-order valence-corrected chi connectivity index (χ4v) is 5.48. The molecule has 0 aliphatic carbocycles. The van der Waals surface area contributed by atoms with E-state index in [-0.39, 0.29) is 0 Å². The van der Waals surface area contributed by atoms with Crippen molar-refractivity contribution in [3.05, 3.63) is 29.3 Å². The molecule has 2 aromatic heterocycles. The fraction of sp³-hybridized carbons (Fsp3) is 0.619. The predicted octanol–water partition coefficient (Wildman–Crippen LogP) is 3.45. The van der Waals surface area contributed by atoms with Gasteiger partial charge in [0.15, 0.2) is 5.11 Å². The van der Waals surface area contributed by atoms with Gasteiger partial charge in [-0.15, -0.1) is 11.3 Å². The monoisotopic (exact) mass is 417 g/mol. The summed E-state index contributed by atoms with van der Waals surface area (Å²) in [6.45, 7) is 8.60. The number of aryl methyl sites for hydroxylation is 1. The number of hydrogen-bond donors (Lipinski definition) is 2. The molecule has 2 bridgehead atoms. The quantitative estimate of drug-likeness (QED) is 0.705. The number of thiophene rings is 1. The molecule has 7 heteroatoms. The van der Waals surface area contributed by atoms with Gasteiger partial charge in [-0.25, -0.2) is 0 Å². The fourth-order valence-electron chi connectivity index (χ4n) is 4.63. The Balaban J connectivity index is 1.37. The number of nitrogens with one attached hydrogen (secondary N) is 2. The third-order valence-electron chi connectivity index (χ3n) is 6.12. The van der Waals surface area contributed by atoms with Crippen LogP contribution < -0.4 is 10.6 Å². The normalized spacial score (nSPS) is 26.6. The highest BCUT2D eigenvalue weighted by molar-refractivity contribution is 7.80. The van der Waals surface area contributed by atoms with Crippen LogP contribution in [0.15, 0.2) is 23.6 Å². The molecule has 3 aliphatic rings. The van der Waals surface area contributed by atoms with E-state index >= 15 is 0 Å². The van der Waals surface area contributed by atoms with Crippen molar-refractivity contribution in [1.29, 1.82) is 0 Å². The van der Waals surface area contributed by atoms with Gasteiger partial charge in [-0.3, -0.25) is 9.58 Å². The topological polar surface area (TPSA) is 45.1 Å². The first kappa shape index (κ1) is 19.9. The lowest BCUT2D eigenvalue weighted by atomic mass is 9.74. The van der Waals surface area contributed by atoms with E-state index in [1.165, 1.54) is 30.0 Å². The van der Waals surface area contributed by atoms with Crippen LogP contribution in [-0.2, 0) is 7.05 Å². The molecule has 0 spiro atoms. The molecule has 3 saturated heterocycles. The molecular weight excluding hydrogens is 386 g/mol. The first-order valence-electron chi connectivity index (χ1n) is 10.3. The highest BCUT2D eigenvalue weighted by Gasteiger charge is 2.41. The van der Waals surface area contributed by atoms with Crippen LogP contribution in [0.1, 0.15) is 38.3 Å². The van der Waals surface area contributed by atoms with Gasteiger partial charge in [-0.1, -0.05) is 19.9 Å². The Kier molecular flexibility index (Phi) is 6.04. The minimum absolute atomic E-state index is 0.582. The van der Waals surface area contributed by atoms with Crippen LogP contribution in [0.5, 0.6) is 0 Å². The van der Waals surface area contributed by atoms with Crippen molar-refractivity contribution in [3.8, 4) is 10.6 Å². The zero-order valence-corrected chi connectivity index (χ0v) is 18.7. The van der Waals surface area contributed by atoms with Gasteiger partial charge in [0.2, 0.25) is 0 Å². The lowest BCUT2D eigenvalue weighted by Gasteiger charge is -2.50. The van der Waals surface area contributed by atoms with E-state index in [0.29, 0.717) is 17.9 Å². The molecule has 5 heterocycles. The standard InChI is InChI=1S/C21H31N5S2/c1-14(2)11-22-21(27)23-12-16-9-15-6-7-26(16)13-17(15)19-10-18(24-25(19)3)20-5-4-8-28-20/h4-5,8,10,14-17H,6-7,9,11-13H2,1-3H3,(H2,22,23,27)/t15-,16-,17+/m1/s1. The lowest BCUT2D eigenvalue weighted by Crippen LogP contribution is -2.56. The van der Waals surface area contributed by atoms with E-state index in [0.717, 1.165) is 36.4 Å². The Morgan fingerprint density at radius 1 is 1.39 bits per heavy atom. The molecule has 28 heavy (non-hydrogen) atoms. The maximum absolute atomic E-state index is 5.43. The van der Waals surface area contributed by atoms with E-state index < -0.39 is 0 Å². The summed E-state index contributed by atoms with van der Waals surface area (Å²) in [5.41, 5.74) is 2.50. The van der Waals surface area contributed by atoms with Crippen LogP contribution in [0.25, 0.3) is 10.6 Å². The molecule has 5 rings (SSSR count). The van der Waals surface area contributed by atoms with Crippen molar-refractivity contribution in [2.24, 2.45) is 18.9 Å². The van der Waals surface area contributed by atoms with Crippen molar-refractivity contribution < 1.29 is 0 Å². The Labute approximate surface area is 177 Å². The van der Waals surface area contributed by atoms with Crippen molar-refractivity contribution >= 4 is 28.7 Å². The maximum atomic E-state index is 5.43. The van der Waals surface area contributed by atoms with Crippen molar-refractivity contribution in [1.82, 2.24) is 25.3 Å². The van der Waals surface area contributed by atoms with E-state index in [1.807, 2.05) is 0 Å². The zero-order valence-electron chi connectivity index (χ0n) is 17.0. The molecule has 2 N–H and O–H groups in total. The summed E-state index contributed by atoms with van der Waals surface area (Å²) in [4.78, 5) is 3.91. The first-order valence-corrected chi connectivity index (χ1v) is 11.6. The molecular formula is C21H31N5S2. The van der Waals surface area contributed by atoms with Gasteiger partial charge in [-0.2, -0.15) is 5.10 Å². The number of thiocarbonyl (C=S) groups is 1. The highest BCUT2D eigenvalue weighted by Crippen LogP contribution is 2.42. The summed E-state index contributed by atoms with van der Waals surface area (Å²) < 4.78 is 2.11. The molecule has 4 atom stereocenters. The molecule has 0 saturated carbocycles. The molecule has 0 radical (unpaired) electrons. The molecule has 3 fully saturated rings. The van der Waals surface area contributed by atoms with E-state index in [1.54, 1.807) is 11.3 Å². The summed E-state index contributed by atoms with van der Waals surface area (Å²) in [6.07, 6.45) is 2.53. The first-order chi connectivity index (χ1) is 13.5. The number of aromatic nitrogens is 2. The molecule has 0 amide bonds. The van der Waals surface area contributed by atoms with Crippen LogP contribution in [0.4, 0.5) is 0 Å². The third kappa shape index (κ3) is 4.26. The van der Waals surface area contributed by atoms with Crippen molar-refractivity contribution in [2.75, 3.05) is 26.2 Å². The number of fused-ring (bicyclic) bond motifs is 3. The number of hydrogen-bond acceptors (Lipinski definition) is 4. The smallest absolute Gasteiger partial charge is 0.166 e. The van der Waals surface area contributed by atoms with Gasteiger partial charge >= 0.3 is 0 Å². The minimum atomic E-state index is 0.582. The number of nitrogens with zero attached hydrogens (tertiary/aromatic N) is 3. The second-order valence-corrected chi connectivity index (χ2v) is 9.94. The Hall–Kier alpha value is -1.44. The molecule has 3 aliphatic heterocycles. The van der Waals surface area contributed by atoms with Crippen molar-refractivity contribution in [3.63, 3.8) is 0 Å². The molecule has 152 valence electrons. The molecule has 0 aromatic carbocycles. The summed E-state index contributed by atoms with van der Waals surface area (Å²) in [6, 6.07) is 7.15. The van der Waals surface area contributed by atoms with Crippen LogP contribution in [0, 0.1) is 11.8 Å². The Bertz CT molecular complexity index is 798. The van der Waals surface area contributed by atoms with Gasteiger partial charge in [0.05, 0.1) is 4.88 Å². The van der Waals surface area contributed by atoms with Gasteiger partial charge in [0.1, 0.15) is 5.69 Å². The van der Waals surface area contributed by atoms with Crippen LogP contribution in [-0.4, -0.2) is 52.0 Å². The Morgan fingerprint density at radius 2 is 2.25 bits per heavy atom. The summed E-state index contributed by atoms with van der Waals surface area (Å²) >= 11 is 7.20. The van der Waals surface area contributed by atoms with Gasteiger partial charge < -0.3 is 10.6 Å². The van der Waals surface area contributed by atoms with Crippen LogP contribution in [0.2, 0.25) is 0 Å². The maximum Gasteiger partial charge on any atom is 0.166 e. The average Bonchev–Trinajstić information content (AvgIpc) is 3.34. The molecule has 2 aromatic rings. The van der Waals surface area contributed by atoms with Crippen molar-refractivity contribution in [2.45, 2.75) is 38.6 Å². The van der Waals surface area contributed by atoms with Gasteiger partial charge in [-0.05, 0) is 61.0 Å². The van der Waals surface area contributed by atoms with E-state index in [9.17, 15) is 0 Å². The summed E-state index contributed by atoms with van der Waals surface area (Å²) in [7, 11) is 2.10. The number of rotatable bonds is 6. The second-order valence-electron chi connectivity index (χ2n) is 8.58. The third-order valence-corrected chi connectivity index (χ3v) is 7.30. The van der Waals surface area contributed by atoms with E-state index in [2.05, 4.69) is 64.7 Å². The van der Waals surface area contributed by atoms with E-state index in [4.69, 9.17) is 17.3 Å². The lowest BCUT2D eigenvalue weighted by molar-refractivity contribution is 0.0303. The van der Waals surface area contributed by atoms with Gasteiger partial charge in [0, 0.05) is 44.3 Å². The van der Waals surface area contributed by atoms with Crippen LogP contribution in [0.3, 0.4) is 0 Å². The predicted molar refractivity (Wildman–Crippen MR) is 121 cm³/mol. The minimum Gasteiger partial charge on any atom is -0.362 e. The SMILES string of the molecule is CC(C)CNC(=S)NC[C@H]1C[C@H]2CCN1C[C@@H]2c1cc(-c2cccs2)nn1C. The molecule has 5 nitrogen and oxygen atoms in total. The summed E-state index contributed by atoms with van der Waals surface area (Å²) in [5, 5.41) is 14.5. The average molecular weight is 418 g/mol. The molecule has 1 unspecified atom stereocenters. The Morgan fingerprint density at radius 3 is 2.93 bits per heavy atom. The summed E-state index contributed by atoms with van der Waals surface area (Å²) in [5.74, 6) is 1.93. The second kappa shape index (κ2) is 8.51. The van der Waals surface area contributed by atoms with Gasteiger partial charge in [0.25, 0.3) is 0 Å². The number of piperidine rings is 3. The zero-order chi connectivity index (χ0) is 19.7. The largest absolute Gasteiger partial charge is 0.362 e. The highest BCUT2D eigenvalue weighted by atomic mass is 32.1. The van der Waals surface area contributed by atoms with Crippen LogP contribution >= 0.6 is 23.6 Å².